The van der Waals surface area contributed by atoms with Gasteiger partial charge in [0.05, 0.1) is 11.9 Å². The molecule has 0 saturated heterocycles. The first-order valence-electron chi connectivity index (χ1n) is 7.32. The summed E-state index contributed by atoms with van der Waals surface area (Å²) in [5.41, 5.74) is 1.20. The van der Waals surface area contributed by atoms with Crippen LogP contribution in [0.15, 0.2) is 61.3 Å². The molecule has 124 valence electrons. The van der Waals surface area contributed by atoms with E-state index in [1.54, 1.807) is 12.5 Å². The second-order valence-electron chi connectivity index (χ2n) is 5.30. The van der Waals surface area contributed by atoms with E-state index in [9.17, 15) is 13.2 Å². The van der Waals surface area contributed by atoms with Gasteiger partial charge in [-0.1, -0.05) is 24.3 Å². The summed E-state index contributed by atoms with van der Waals surface area (Å²) < 4.78 is 40.7. The van der Waals surface area contributed by atoms with Crippen LogP contribution in [0, 0.1) is 0 Å². The van der Waals surface area contributed by atoms with Crippen LogP contribution in [0.2, 0.25) is 0 Å². The maximum atomic E-state index is 12.9. The van der Waals surface area contributed by atoms with Crippen LogP contribution in [0.25, 0.3) is 0 Å². The predicted octanol–water partition coefficient (Wildman–Crippen LogP) is 3.96. The van der Waals surface area contributed by atoms with Crippen molar-refractivity contribution in [1.29, 1.82) is 0 Å². The van der Waals surface area contributed by atoms with Crippen LogP contribution in [-0.2, 0) is 19.3 Å². The highest BCUT2D eigenvalue weighted by Crippen LogP contribution is 2.33. The lowest BCUT2D eigenvalue weighted by molar-refractivity contribution is -0.137. The van der Waals surface area contributed by atoms with Crippen molar-refractivity contribution in [3.8, 4) is 0 Å². The molecule has 1 aromatic carbocycles. The van der Waals surface area contributed by atoms with Crippen molar-refractivity contribution >= 4 is 5.82 Å². The number of nitrogens with one attached hydrogen (secondary N) is 1. The Balaban J connectivity index is 1.65. The largest absolute Gasteiger partial charge is 0.419 e. The second-order valence-corrected chi connectivity index (χ2v) is 5.30. The van der Waals surface area contributed by atoms with E-state index in [0.29, 0.717) is 6.54 Å². The smallest absolute Gasteiger partial charge is 0.365 e. The number of hydrogen-bond acceptors (Lipinski definition) is 3. The summed E-state index contributed by atoms with van der Waals surface area (Å²) >= 11 is 0. The molecule has 0 atom stereocenters. The molecule has 0 unspecified atom stereocenters. The van der Waals surface area contributed by atoms with Crippen LogP contribution < -0.4 is 5.32 Å². The van der Waals surface area contributed by atoms with E-state index in [0.717, 1.165) is 17.2 Å². The Hall–Kier alpha value is -2.83. The number of hydrogen-bond donors (Lipinski definition) is 1. The average molecular weight is 332 g/mol. The van der Waals surface area contributed by atoms with Gasteiger partial charge in [-0.05, 0) is 23.3 Å². The number of anilines is 1. The van der Waals surface area contributed by atoms with Gasteiger partial charge in [0, 0.05) is 31.7 Å². The van der Waals surface area contributed by atoms with E-state index >= 15 is 0 Å². The summed E-state index contributed by atoms with van der Waals surface area (Å²) in [7, 11) is 0. The molecule has 0 aliphatic rings. The summed E-state index contributed by atoms with van der Waals surface area (Å²) in [5, 5.41) is 2.75. The molecule has 2 heterocycles. The van der Waals surface area contributed by atoms with E-state index in [4.69, 9.17) is 0 Å². The van der Waals surface area contributed by atoms with Crippen LogP contribution in [0.1, 0.15) is 16.7 Å². The zero-order chi connectivity index (χ0) is 17.0. The summed E-state index contributed by atoms with van der Waals surface area (Å²) in [6.07, 6.45) is 2.23. The molecule has 0 saturated carbocycles. The number of nitrogens with zero attached hydrogens (tertiary/aromatic N) is 3. The quantitative estimate of drug-likeness (QED) is 0.769. The highest BCUT2D eigenvalue weighted by atomic mass is 19.4. The standard InChI is InChI=1S/C17H15F3N4/c18-17(19,20)15-2-1-7-22-16(15)23-10-13-3-5-14(6-4-13)11-24-9-8-21-12-24/h1-9,12H,10-11H2,(H,22,23). The van der Waals surface area contributed by atoms with E-state index in [2.05, 4.69) is 15.3 Å². The maximum absolute atomic E-state index is 12.9. The number of aromatic nitrogens is 3. The van der Waals surface area contributed by atoms with Crippen molar-refractivity contribution in [2.75, 3.05) is 5.32 Å². The van der Waals surface area contributed by atoms with Crippen molar-refractivity contribution in [3.63, 3.8) is 0 Å². The number of pyridine rings is 1. The van der Waals surface area contributed by atoms with Gasteiger partial charge in [0.2, 0.25) is 0 Å². The Kier molecular flexibility index (Phi) is 4.50. The van der Waals surface area contributed by atoms with Gasteiger partial charge in [-0.2, -0.15) is 13.2 Å². The second kappa shape index (κ2) is 6.74. The molecule has 0 bridgehead atoms. The first-order valence-corrected chi connectivity index (χ1v) is 7.32. The monoisotopic (exact) mass is 332 g/mol. The van der Waals surface area contributed by atoms with Gasteiger partial charge in [-0.3, -0.25) is 0 Å². The molecule has 0 spiro atoms. The van der Waals surface area contributed by atoms with Gasteiger partial charge in [-0.15, -0.1) is 0 Å². The lowest BCUT2D eigenvalue weighted by Crippen LogP contribution is -2.12. The molecule has 24 heavy (non-hydrogen) atoms. The maximum Gasteiger partial charge on any atom is 0.419 e. The summed E-state index contributed by atoms with van der Waals surface area (Å²) in [6, 6.07) is 9.95. The number of rotatable bonds is 5. The van der Waals surface area contributed by atoms with Crippen LogP contribution >= 0.6 is 0 Å². The Labute approximate surface area is 137 Å². The zero-order valence-corrected chi connectivity index (χ0v) is 12.7. The fraction of sp³-hybridized carbons (Fsp3) is 0.176. The van der Waals surface area contributed by atoms with E-state index < -0.39 is 11.7 Å². The molecule has 7 heteroatoms. The normalized spacial score (nSPS) is 11.5. The number of alkyl halides is 3. The molecule has 0 radical (unpaired) electrons. The highest BCUT2D eigenvalue weighted by molar-refractivity contribution is 5.46. The minimum Gasteiger partial charge on any atom is -0.365 e. The minimum atomic E-state index is -4.43. The van der Waals surface area contributed by atoms with E-state index in [1.165, 1.54) is 12.3 Å². The van der Waals surface area contributed by atoms with Crippen LogP contribution in [0.5, 0.6) is 0 Å². The molecule has 3 aromatic rings. The van der Waals surface area contributed by atoms with Crippen LogP contribution in [0.4, 0.5) is 19.0 Å². The fourth-order valence-electron chi connectivity index (χ4n) is 2.31. The molecule has 2 aromatic heterocycles. The van der Waals surface area contributed by atoms with E-state index in [-0.39, 0.29) is 12.4 Å². The molecule has 0 amide bonds. The topological polar surface area (TPSA) is 42.7 Å². The van der Waals surface area contributed by atoms with Crippen LogP contribution in [0.3, 0.4) is 0 Å². The first-order chi connectivity index (χ1) is 11.5. The third-order valence-electron chi connectivity index (χ3n) is 3.52. The molecule has 0 aliphatic carbocycles. The van der Waals surface area contributed by atoms with E-state index in [1.807, 2.05) is 35.0 Å². The Bertz CT molecular complexity index is 780. The predicted molar refractivity (Wildman–Crippen MR) is 84.3 cm³/mol. The van der Waals surface area contributed by atoms with Gasteiger partial charge >= 0.3 is 6.18 Å². The van der Waals surface area contributed by atoms with Gasteiger partial charge in [0.25, 0.3) is 0 Å². The number of benzene rings is 1. The summed E-state index contributed by atoms with van der Waals surface area (Å²) in [5.74, 6) is -0.160. The van der Waals surface area contributed by atoms with Gasteiger partial charge in [-0.25, -0.2) is 9.97 Å². The van der Waals surface area contributed by atoms with Crippen molar-refractivity contribution in [3.05, 3.63) is 78.0 Å². The Morgan fingerprint density at radius 2 is 1.75 bits per heavy atom. The van der Waals surface area contributed by atoms with Gasteiger partial charge in [0.15, 0.2) is 0 Å². The number of imidazole rings is 1. The SMILES string of the molecule is FC(F)(F)c1cccnc1NCc1ccc(Cn2ccnc2)cc1. The summed E-state index contributed by atoms with van der Waals surface area (Å²) in [4.78, 5) is 7.77. The third kappa shape index (κ3) is 3.92. The number of halogens is 3. The highest BCUT2D eigenvalue weighted by Gasteiger charge is 2.33. The fourth-order valence-corrected chi connectivity index (χ4v) is 2.31. The molecular weight excluding hydrogens is 317 g/mol. The molecule has 0 aliphatic heterocycles. The summed E-state index contributed by atoms with van der Waals surface area (Å²) in [6.45, 7) is 0.970. The molecular formula is C17H15F3N4. The minimum absolute atomic E-state index is 0.160. The lowest BCUT2D eigenvalue weighted by atomic mass is 10.1. The zero-order valence-electron chi connectivity index (χ0n) is 12.7. The van der Waals surface area contributed by atoms with Crippen LogP contribution in [-0.4, -0.2) is 14.5 Å². The molecule has 0 fully saturated rings. The third-order valence-corrected chi connectivity index (χ3v) is 3.52. The molecule has 4 nitrogen and oxygen atoms in total. The van der Waals surface area contributed by atoms with Crippen molar-refractivity contribution in [2.24, 2.45) is 0 Å². The first kappa shape index (κ1) is 16.0. The lowest BCUT2D eigenvalue weighted by Gasteiger charge is -2.13. The van der Waals surface area contributed by atoms with Crippen molar-refractivity contribution in [1.82, 2.24) is 14.5 Å². The molecule has 1 N–H and O–H groups in total. The average Bonchev–Trinajstić information content (AvgIpc) is 3.07. The molecule has 3 rings (SSSR count). The van der Waals surface area contributed by atoms with Gasteiger partial charge in [0.1, 0.15) is 5.82 Å². The van der Waals surface area contributed by atoms with Crippen molar-refractivity contribution < 1.29 is 13.2 Å². The Morgan fingerprint density at radius 1 is 1.00 bits per heavy atom. The van der Waals surface area contributed by atoms with Crippen molar-refractivity contribution in [2.45, 2.75) is 19.3 Å². The van der Waals surface area contributed by atoms with Gasteiger partial charge < -0.3 is 9.88 Å². The Morgan fingerprint density at radius 3 is 2.42 bits per heavy atom.